The highest BCUT2D eigenvalue weighted by atomic mass is 79.9. The summed E-state index contributed by atoms with van der Waals surface area (Å²) in [6, 6.07) is 13.3. The first-order chi connectivity index (χ1) is 13.9. The number of nitrogens with one attached hydrogen (secondary N) is 1. The summed E-state index contributed by atoms with van der Waals surface area (Å²) in [5.41, 5.74) is 0.594. The molecule has 1 aliphatic rings. The fourth-order valence-corrected chi connectivity index (χ4v) is 4.36. The number of carbonyl (C=O) groups is 2. The lowest BCUT2D eigenvalue weighted by Crippen LogP contribution is -2.33. The van der Waals surface area contributed by atoms with Crippen LogP contribution in [0.15, 0.2) is 58.0 Å². The molecule has 0 aliphatic carbocycles. The number of hydrogen-bond acceptors (Lipinski definition) is 6. The normalized spacial score (nSPS) is 17.6. The van der Waals surface area contributed by atoms with Gasteiger partial charge >= 0.3 is 0 Å². The Morgan fingerprint density at radius 3 is 2.66 bits per heavy atom. The van der Waals surface area contributed by atoms with Crippen molar-refractivity contribution in [2.75, 3.05) is 11.9 Å². The molecule has 150 valence electrons. The Balaban J connectivity index is 1.75. The number of amidine groups is 1. The number of hydrogen-bond donors (Lipinski definition) is 1. The summed E-state index contributed by atoms with van der Waals surface area (Å²) < 4.78 is 0.800. The van der Waals surface area contributed by atoms with Crippen LogP contribution in [0, 0.1) is 10.1 Å². The number of amides is 2. The number of benzene rings is 2. The van der Waals surface area contributed by atoms with Gasteiger partial charge in [-0.3, -0.25) is 24.6 Å². The van der Waals surface area contributed by atoms with E-state index in [-0.39, 0.29) is 23.7 Å². The maximum absolute atomic E-state index is 12.7. The minimum atomic E-state index is -0.640. The summed E-state index contributed by atoms with van der Waals surface area (Å²) in [5.74, 6) is -0.677. The van der Waals surface area contributed by atoms with E-state index < -0.39 is 16.1 Å². The zero-order valence-corrected chi connectivity index (χ0v) is 17.8. The molecule has 0 saturated carbocycles. The minimum Gasteiger partial charge on any atom is -0.320 e. The molecule has 0 bridgehead atoms. The first-order valence-electron chi connectivity index (χ1n) is 8.75. The molecule has 8 nitrogen and oxygen atoms in total. The second-order valence-electron chi connectivity index (χ2n) is 6.06. The van der Waals surface area contributed by atoms with Gasteiger partial charge in [0.1, 0.15) is 10.9 Å². The fraction of sp³-hybridized carbons (Fsp3) is 0.211. The van der Waals surface area contributed by atoms with Crippen molar-refractivity contribution < 1.29 is 14.5 Å². The molecule has 0 radical (unpaired) electrons. The van der Waals surface area contributed by atoms with E-state index in [4.69, 9.17) is 0 Å². The van der Waals surface area contributed by atoms with E-state index in [9.17, 15) is 19.7 Å². The van der Waals surface area contributed by atoms with Gasteiger partial charge in [-0.2, -0.15) is 0 Å². The van der Waals surface area contributed by atoms with Crippen LogP contribution < -0.4 is 5.32 Å². The van der Waals surface area contributed by atoms with Crippen LogP contribution in [0.25, 0.3) is 0 Å². The third kappa shape index (κ3) is 4.83. The lowest BCUT2D eigenvalue weighted by molar-refractivity contribution is -0.383. The third-order valence-corrected chi connectivity index (χ3v) is 6.00. The third-order valence-electron chi connectivity index (χ3n) is 4.15. The number of anilines is 1. The maximum atomic E-state index is 12.7. The summed E-state index contributed by atoms with van der Waals surface area (Å²) >= 11 is 4.65. The van der Waals surface area contributed by atoms with Gasteiger partial charge in [0.2, 0.25) is 11.8 Å². The first-order valence-corrected chi connectivity index (χ1v) is 10.4. The Hall–Kier alpha value is -2.72. The van der Waals surface area contributed by atoms with Crippen molar-refractivity contribution in [2.45, 2.75) is 18.6 Å². The Bertz CT molecular complexity index is 998. The van der Waals surface area contributed by atoms with Crippen molar-refractivity contribution in [3.63, 3.8) is 0 Å². The maximum Gasteiger partial charge on any atom is 0.292 e. The Morgan fingerprint density at radius 1 is 1.28 bits per heavy atom. The molecule has 2 amide bonds. The second kappa shape index (κ2) is 9.19. The van der Waals surface area contributed by atoms with Gasteiger partial charge in [0.05, 0.1) is 10.6 Å². The van der Waals surface area contributed by atoms with Gasteiger partial charge in [-0.1, -0.05) is 36.0 Å². The van der Waals surface area contributed by atoms with Gasteiger partial charge in [0.25, 0.3) is 5.69 Å². The molecule has 2 aromatic rings. The summed E-state index contributed by atoms with van der Waals surface area (Å²) in [6.45, 7) is 2.27. The molecule has 29 heavy (non-hydrogen) atoms. The van der Waals surface area contributed by atoms with E-state index >= 15 is 0 Å². The molecular formula is C19H17BrN4O4S. The quantitative estimate of drug-likeness (QED) is 0.493. The van der Waals surface area contributed by atoms with Crippen LogP contribution in [-0.4, -0.2) is 38.6 Å². The monoisotopic (exact) mass is 476 g/mol. The Kier molecular flexibility index (Phi) is 6.65. The molecule has 0 unspecified atom stereocenters. The average Bonchev–Trinajstić information content (AvgIpc) is 2.98. The molecule has 1 saturated heterocycles. The Morgan fingerprint density at radius 2 is 1.97 bits per heavy atom. The van der Waals surface area contributed by atoms with Gasteiger partial charge in [0, 0.05) is 23.5 Å². The number of para-hydroxylation sites is 3. The molecule has 3 rings (SSSR count). The predicted octanol–water partition coefficient (Wildman–Crippen LogP) is 4.34. The molecule has 1 atom stereocenters. The van der Waals surface area contributed by atoms with Crippen LogP contribution in [0.5, 0.6) is 0 Å². The number of nitro groups is 1. The van der Waals surface area contributed by atoms with Crippen LogP contribution in [-0.2, 0) is 9.59 Å². The zero-order chi connectivity index (χ0) is 21.0. The molecule has 1 fully saturated rings. The highest BCUT2D eigenvalue weighted by molar-refractivity contribution is 9.10. The van der Waals surface area contributed by atoms with Gasteiger partial charge < -0.3 is 5.32 Å². The second-order valence-corrected chi connectivity index (χ2v) is 8.09. The molecule has 0 aromatic heterocycles. The summed E-state index contributed by atoms with van der Waals surface area (Å²) in [7, 11) is 0. The number of thioether (sulfide) groups is 1. The van der Waals surface area contributed by atoms with E-state index in [2.05, 4.69) is 26.2 Å². The highest BCUT2D eigenvalue weighted by Crippen LogP contribution is 2.34. The topological polar surface area (TPSA) is 105 Å². The SMILES string of the molecule is CCN1C(=O)[C@H](CC(=O)Nc2ccccc2[N+](=O)[O-])SC1=Nc1ccccc1Br. The van der Waals surface area contributed by atoms with Gasteiger partial charge in [-0.05, 0) is 41.1 Å². The van der Waals surface area contributed by atoms with Crippen LogP contribution in [0.2, 0.25) is 0 Å². The van der Waals surface area contributed by atoms with Crippen molar-refractivity contribution in [1.29, 1.82) is 0 Å². The molecule has 1 N–H and O–H groups in total. The highest BCUT2D eigenvalue weighted by Gasteiger charge is 2.38. The number of aliphatic imine (C=N–C) groups is 1. The van der Waals surface area contributed by atoms with Crippen LogP contribution in [0.1, 0.15) is 13.3 Å². The van der Waals surface area contributed by atoms with Crippen molar-refractivity contribution in [1.82, 2.24) is 4.90 Å². The first kappa shape index (κ1) is 21.0. The average molecular weight is 477 g/mol. The number of nitro benzene ring substituents is 1. The van der Waals surface area contributed by atoms with E-state index in [1.54, 1.807) is 6.07 Å². The van der Waals surface area contributed by atoms with E-state index in [1.165, 1.54) is 34.9 Å². The number of nitrogens with zero attached hydrogens (tertiary/aromatic N) is 3. The van der Waals surface area contributed by atoms with Gasteiger partial charge in [-0.25, -0.2) is 4.99 Å². The van der Waals surface area contributed by atoms with Gasteiger partial charge in [-0.15, -0.1) is 0 Å². The molecule has 10 heteroatoms. The summed E-state index contributed by atoms with van der Waals surface area (Å²) in [5, 5.41) is 13.5. The number of carbonyl (C=O) groups excluding carboxylic acids is 2. The lowest BCUT2D eigenvalue weighted by Gasteiger charge is -2.13. The summed E-state index contributed by atoms with van der Waals surface area (Å²) in [4.78, 5) is 41.8. The standard InChI is InChI=1S/C19H17BrN4O4S/c1-2-23-18(26)16(29-19(23)22-13-8-4-3-7-12(13)20)11-17(25)21-14-9-5-6-10-15(14)24(27)28/h3-10,16H,2,11H2,1H3,(H,21,25)/t16-/m0/s1. The van der Waals surface area contributed by atoms with Crippen molar-refractivity contribution in [2.24, 2.45) is 4.99 Å². The molecule has 0 spiro atoms. The minimum absolute atomic E-state index is 0.104. The van der Waals surface area contributed by atoms with Crippen LogP contribution in [0.3, 0.4) is 0 Å². The van der Waals surface area contributed by atoms with Crippen LogP contribution in [0.4, 0.5) is 17.1 Å². The molecule has 1 aliphatic heterocycles. The lowest BCUT2D eigenvalue weighted by atomic mass is 10.2. The Labute approximate surface area is 179 Å². The fourth-order valence-electron chi connectivity index (χ4n) is 2.77. The summed E-state index contributed by atoms with van der Waals surface area (Å²) in [6.07, 6.45) is -0.110. The van der Waals surface area contributed by atoms with Gasteiger partial charge in [0.15, 0.2) is 5.17 Å². The van der Waals surface area contributed by atoms with Crippen LogP contribution >= 0.6 is 27.7 Å². The van der Waals surface area contributed by atoms with Crippen molar-refractivity contribution in [3.05, 3.63) is 63.1 Å². The number of rotatable bonds is 6. The van der Waals surface area contributed by atoms with E-state index in [1.807, 2.05) is 31.2 Å². The van der Waals surface area contributed by atoms with Crippen molar-refractivity contribution >= 4 is 61.7 Å². The van der Waals surface area contributed by atoms with E-state index in [0.717, 1.165) is 4.47 Å². The smallest absolute Gasteiger partial charge is 0.292 e. The molecule has 1 heterocycles. The zero-order valence-electron chi connectivity index (χ0n) is 15.4. The number of halogens is 1. The molecule has 2 aromatic carbocycles. The molecular weight excluding hydrogens is 460 g/mol. The largest absolute Gasteiger partial charge is 0.320 e. The van der Waals surface area contributed by atoms with Crippen molar-refractivity contribution in [3.8, 4) is 0 Å². The van der Waals surface area contributed by atoms with E-state index in [0.29, 0.717) is 17.4 Å². The predicted molar refractivity (Wildman–Crippen MR) is 116 cm³/mol.